The number of halogens is 3. The first-order valence-electron chi connectivity index (χ1n) is 10.6. The van der Waals surface area contributed by atoms with Crippen LogP contribution in [0.1, 0.15) is 17.0 Å². The van der Waals surface area contributed by atoms with Crippen molar-refractivity contribution >= 4 is 5.91 Å². The fourth-order valence-corrected chi connectivity index (χ4v) is 4.30. The molecule has 0 bridgehead atoms. The quantitative estimate of drug-likeness (QED) is 0.556. The summed E-state index contributed by atoms with van der Waals surface area (Å²) in [5.74, 6) is -2.20. The number of ether oxygens (including phenoxy) is 2. The molecule has 1 aliphatic rings. The third kappa shape index (κ3) is 6.31. The van der Waals surface area contributed by atoms with Crippen molar-refractivity contribution in [3.8, 4) is 0 Å². The standard InChI is InChI=1S/C24H29F3N2O3/c1-31-9-8-29(24(30)16-32-2)14-19-13-28(12-17-6-7-22(26)23(27)10-17)15-21(19)18-4-3-5-20(25)11-18/h3-7,10-11,19,21H,8-9,12-16H2,1-2H3/t19-,21-/m0/s1. The van der Waals surface area contributed by atoms with Crippen molar-refractivity contribution in [1.82, 2.24) is 9.80 Å². The van der Waals surface area contributed by atoms with Gasteiger partial charge in [0.15, 0.2) is 11.6 Å². The highest BCUT2D eigenvalue weighted by molar-refractivity contribution is 5.77. The monoisotopic (exact) mass is 450 g/mol. The van der Waals surface area contributed by atoms with Gasteiger partial charge in [-0.15, -0.1) is 0 Å². The Labute approximate surface area is 186 Å². The first-order valence-corrected chi connectivity index (χ1v) is 10.6. The summed E-state index contributed by atoms with van der Waals surface area (Å²) in [4.78, 5) is 16.4. The van der Waals surface area contributed by atoms with Gasteiger partial charge in [0.25, 0.3) is 0 Å². The van der Waals surface area contributed by atoms with Crippen LogP contribution in [0.5, 0.6) is 0 Å². The minimum atomic E-state index is -0.879. The van der Waals surface area contributed by atoms with E-state index in [4.69, 9.17) is 9.47 Å². The molecule has 1 fully saturated rings. The SMILES string of the molecule is COCCN(C[C@@H]1CN(Cc2ccc(F)c(F)c2)C[C@H]1c1cccc(F)c1)C(=O)COC. The van der Waals surface area contributed by atoms with Gasteiger partial charge in [-0.1, -0.05) is 18.2 Å². The molecule has 0 aromatic heterocycles. The Hall–Kier alpha value is -2.42. The second kappa shape index (κ2) is 11.4. The molecule has 0 N–H and O–H groups in total. The lowest BCUT2D eigenvalue weighted by Gasteiger charge is -2.28. The smallest absolute Gasteiger partial charge is 0.248 e. The number of rotatable bonds is 10. The molecule has 32 heavy (non-hydrogen) atoms. The van der Waals surface area contributed by atoms with Crippen LogP contribution >= 0.6 is 0 Å². The van der Waals surface area contributed by atoms with E-state index < -0.39 is 11.6 Å². The van der Waals surface area contributed by atoms with E-state index >= 15 is 0 Å². The number of carbonyl (C=O) groups excluding carboxylic acids is 1. The second-order valence-corrected chi connectivity index (χ2v) is 8.13. The van der Waals surface area contributed by atoms with Crippen molar-refractivity contribution in [3.63, 3.8) is 0 Å². The zero-order chi connectivity index (χ0) is 23.1. The molecule has 0 radical (unpaired) electrons. The average molecular weight is 451 g/mol. The molecule has 174 valence electrons. The van der Waals surface area contributed by atoms with Gasteiger partial charge in [-0.2, -0.15) is 0 Å². The van der Waals surface area contributed by atoms with Crippen LogP contribution in [0.15, 0.2) is 42.5 Å². The largest absolute Gasteiger partial charge is 0.383 e. The summed E-state index contributed by atoms with van der Waals surface area (Å²) >= 11 is 0. The molecule has 1 heterocycles. The summed E-state index contributed by atoms with van der Waals surface area (Å²) in [6, 6.07) is 10.4. The molecule has 2 atom stereocenters. The van der Waals surface area contributed by atoms with Gasteiger partial charge < -0.3 is 14.4 Å². The van der Waals surface area contributed by atoms with Crippen LogP contribution in [-0.2, 0) is 20.8 Å². The van der Waals surface area contributed by atoms with E-state index in [0.29, 0.717) is 44.9 Å². The fraction of sp³-hybridized carbons (Fsp3) is 0.458. The molecular formula is C24H29F3N2O3. The molecule has 2 aromatic rings. The number of carbonyl (C=O) groups is 1. The summed E-state index contributed by atoms with van der Waals surface area (Å²) in [5, 5.41) is 0. The number of amides is 1. The zero-order valence-corrected chi connectivity index (χ0v) is 18.4. The van der Waals surface area contributed by atoms with Crippen molar-refractivity contribution in [1.29, 1.82) is 0 Å². The van der Waals surface area contributed by atoms with Gasteiger partial charge in [-0.25, -0.2) is 13.2 Å². The summed E-state index contributed by atoms with van der Waals surface area (Å²) in [7, 11) is 3.05. The van der Waals surface area contributed by atoms with Gasteiger partial charge in [0.2, 0.25) is 5.91 Å². The van der Waals surface area contributed by atoms with Crippen LogP contribution < -0.4 is 0 Å². The van der Waals surface area contributed by atoms with E-state index in [1.54, 1.807) is 24.1 Å². The third-order valence-electron chi connectivity index (χ3n) is 5.82. The lowest BCUT2D eigenvalue weighted by Crippen LogP contribution is -2.41. The van der Waals surface area contributed by atoms with Crippen molar-refractivity contribution in [2.24, 2.45) is 5.92 Å². The Morgan fingerprint density at radius 3 is 2.56 bits per heavy atom. The molecule has 2 aromatic carbocycles. The van der Waals surface area contributed by atoms with Gasteiger partial charge in [0.05, 0.1) is 6.61 Å². The Morgan fingerprint density at radius 2 is 1.88 bits per heavy atom. The molecule has 0 saturated carbocycles. The van der Waals surface area contributed by atoms with Crippen LogP contribution in [0.4, 0.5) is 13.2 Å². The minimum absolute atomic E-state index is 0.0172. The highest BCUT2D eigenvalue weighted by Gasteiger charge is 2.36. The van der Waals surface area contributed by atoms with Crippen molar-refractivity contribution in [3.05, 3.63) is 71.0 Å². The molecule has 5 nitrogen and oxygen atoms in total. The molecule has 1 saturated heterocycles. The average Bonchev–Trinajstić information content (AvgIpc) is 3.16. The summed E-state index contributed by atoms with van der Waals surface area (Å²) in [6.07, 6.45) is 0. The van der Waals surface area contributed by atoms with Crippen molar-refractivity contribution in [2.45, 2.75) is 12.5 Å². The van der Waals surface area contributed by atoms with Gasteiger partial charge in [-0.05, 0) is 41.3 Å². The molecule has 0 spiro atoms. The van der Waals surface area contributed by atoms with Crippen molar-refractivity contribution in [2.75, 3.05) is 53.6 Å². The van der Waals surface area contributed by atoms with Gasteiger partial charge in [0.1, 0.15) is 12.4 Å². The van der Waals surface area contributed by atoms with Gasteiger partial charge >= 0.3 is 0 Å². The first-order chi connectivity index (χ1) is 15.4. The maximum Gasteiger partial charge on any atom is 0.248 e. The van der Waals surface area contributed by atoms with E-state index in [2.05, 4.69) is 4.90 Å². The number of likely N-dealkylation sites (tertiary alicyclic amines) is 1. The van der Waals surface area contributed by atoms with E-state index in [0.717, 1.165) is 11.6 Å². The Balaban J connectivity index is 1.80. The molecule has 0 unspecified atom stereocenters. The summed E-state index contributed by atoms with van der Waals surface area (Å²) in [6.45, 7) is 2.93. The Kier molecular flexibility index (Phi) is 8.67. The Bertz CT molecular complexity index is 912. The van der Waals surface area contributed by atoms with E-state index in [1.165, 1.54) is 25.3 Å². The maximum atomic E-state index is 13.9. The van der Waals surface area contributed by atoms with Crippen LogP contribution in [0.2, 0.25) is 0 Å². The van der Waals surface area contributed by atoms with Crippen LogP contribution in [0.3, 0.4) is 0 Å². The number of hydrogen-bond acceptors (Lipinski definition) is 4. The fourth-order valence-electron chi connectivity index (χ4n) is 4.30. The number of benzene rings is 2. The minimum Gasteiger partial charge on any atom is -0.383 e. The predicted octanol–water partition coefficient (Wildman–Crippen LogP) is 3.44. The number of methoxy groups -OCH3 is 2. The van der Waals surface area contributed by atoms with Gasteiger partial charge in [-0.3, -0.25) is 9.69 Å². The highest BCUT2D eigenvalue weighted by Crippen LogP contribution is 2.34. The molecule has 0 aliphatic carbocycles. The Morgan fingerprint density at radius 1 is 1.06 bits per heavy atom. The van der Waals surface area contributed by atoms with E-state index in [-0.39, 0.29) is 30.2 Å². The maximum absolute atomic E-state index is 13.9. The lowest BCUT2D eigenvalue weighted by molar-refractivity contribution is -0.136. The lowest BCUT2D eigenvalue weighted by atomic mass is 9.88. The predicted molar refractivity (Wildman–Crippen MR) is 115 cm³/mol. The van der Waals surface area contributed by atoms with E-state index in [1.807, 2.05) is 6.07 Å². The molecule has 3 rings (SSSR count). The van der Waals surface area contributed by atoms with Crippen molar-refractivity contribution < 1.29 is 27.4 Å². The number of nitrogens with zero attached hydrogens (tertiary/aromatic N) is 2. The van der Waals surface area contributed by atoms with Gasteiger partial charge in [0, 0.05) is 52.9 Å². The molecule has 8 heteroatoms. The third-order valence-corrected chi connectivity index (χ3v) is 5.82. The first kappa shape index (κ1) is 24.2. The molecular weight excluding hydrogens is 421 g/mol. The topological polar surface area (TPSA) is 42.0 Å². The summed E-state index contributed by atoms with van der Waals surface area (Å²) < 4.78 is 51.1. The summed E-state index contributed by atoms with van der Waals surface area (Å²) in [5.41, 5.74) is 1.52. The molecule has 1 amide bonds. The van der Waals surface area contributed by atoms with Crippen LogP contribution in [0.25, 0.3) is 0 Å². The molecule has 1 aliphatic heterocycles. The van der Waals surface area contributed by atoms with Crippen LogP contribution in [-0.4, -0.2) is 69.3 Å². The van der Waals surface area contributed by atoms with Crippen LogP contribution in [0, 0.1) is 23.4 Å². The normalized spacial score (nSPS) is 18.8. The second-order valence-electron chi connectivity index (χ2n) is 8.13. The number of hydrogen-bond donors (Lipinski definition) is 0. The van der Waals surface area contributed by atoms with E-state index in [9.17, 15) is 18.0 Å². The highest BCUT2D eigenvalue weighted by atomic mass is 19.2. The zero-order valence-electron chi connectivity index (χ0n) is 18.4.